The minimum Gasteiger partial charge on any atom is -0.353 e. The smallest absolute Gasteiger partial charge is 0.243 e. The summed E-state index contributed by atoms with van der Waals surface area (Å²) in [6.07, 6.45) is 6.40. The number of rotatable bonds is 4. The standard InChI is InChI=1S/C20H28N2O3S/c1-14-4-8-18(9-5-14)26(24,25)22-10-2-3-17(13-22)20(23)21-19-12-15-6-7-16(19)11-15/h4-5,8-9,15-17,19H,2-3,6-7,10-13H2,1H3,(H,21,23)/t15-,16-,17-,19-/m0/s1. The third-order valence-corrected chi connectivity index (χ3v) is 8.36. The highest BCUT2D eigenvalue weighted by molar-refractivity contribution is 7.89. The Kier molecular flexibility index (Phi) is 4.82. The lowest BCUT2D eigenvalue weighted by molar-refractivity contribution is -0.127. The van der Waals surface area contributed by atoms with Crippen LogP contribution in [0.4, 0.5) is 0 Å². The lowest BCUT2D eigenvalue weighted by Gasteiger charge is -2.33. The Hall–Kier alpha value is -1.40. The summed E-state index contributed by atoms with van der Waals surface area (Å²) in [4.78, 5) is 13.1. The quantitative estimate of drug-likeness (QED) is 0.879. The van der Waals surface area contributed by atoms with E-state index >= 15 is 0 Å². The Bertz CT molecular complexity index is 775. The van der Waals surface area contributed by atoms with Gasteiger partial charge in [-0.15, -0.1) is 0 Å². The number of benzene rings is 1. The first-order valence-corrected chi connectivity index (χ1v) is 11.2. The van der Waals surface area contributed by atoms with Crippen LogP contribution in [-0.4, -0.2) is 37.8 Å². The number of nitrogens with zero attached hydrogens (tertiary/aromatic N) is 1. The topological polar surface area (TPSA) is 66.5 Å². The summed E-state index contributed by atoms with van der Waals surface area (Å²) in [6.45, 7) is 2.73. The number of hydrogen-bond acceptors (Lipinski definition) is 3. The second-order valence-corrected chi connectivity index (χ2v) is 10.2. The van der Waals surface area contributed by atoms with Crippen LogP contribution in [0.25, 0.3) is 0 Å². The van der Waals surface area contributed by atoms with Crippen LogP contribution >= 0.6 is 0 Å². The number of piperidine rings is 1. The van der Waals surface area contributed by atoms with Gasteiger partial charge in [-0.3, -0.25) is 4.79 Å². The monoisotopic (exact) mass is 376 g/mol. The van der Waals surface area contributed by atoms with E-state index in [1.807, 2.05) is 19.1 Å². The predicted molar refractivity (Wildman–Crippen MR) is 100 cm³/mol. The van der Waals surface area contributed by atoms with Gasteiger partial charge in [0.25, 0.3) is 0 Å². The molecule has 3 fully saturated rings. The van der Waals surface area contributed by atoms with Crippen LogP contribution in [0, 0.1) is 24.7 Å². The molecule has 1 aromatic rings. The van der Waals surface area contributed by atoms with Crippen LogP contribution in [0.5, 0.6) is 0 Å². The molecule has 0 radical (unpaired) electrons. The van der Waals surface area contributed by atoms with E-state index in [-0.39, 0.29) is 11.8 Å². The summed E-state index contributed by atoms with van der Waals surface area (Å²) in [5.41, 5.74) is 1.03. The van der Waals surface area contributed by atoms with Crippen LogP contribution in [0.1, 0.15) is 44.1 Å². The van der Waals surface area contributed by atoms with E-state index in [4.69, 9.17) is 0 Å². The summed E-state index contributed by atoms with van der Waals surface area (Å²) in [5.74, 6) is 1.24. The van der Waals surface area contributed by atoms with Gasteiger partial charge in [-0.2, -0.15) is 4.31 Å². The van der Waals surface area contributed by atoms with Crippen molar-refractivity contribution >= 4 is 15.9 Å². The molecule has 2 aliphatic carbocycles. The molecule has 0 aromatic heterocycles. The fourth-order valence-corrected chi connectivity index (χ4v) is 6.48. The minimum atomic E-state index is -3.53. The summed E-state index contributed by atoms with van der Waals surface area (Å²) in [5, 5.41) is 3.24. The number of aryl methyl sites for hydroxylation is 1. The van der Waals surface area contributed by atoms with Crippen molar-refractivity contribution in [2.24, 2.45) is 17.8 Å². The molecule has 1 N–H and O–H groups in total. The normalized spacial score (nSPS) is 31.9. The zero-order valence-corrected chi connectivity index (χ0v) is 16.2. The Morgan fingerprint density at radius 3 is 2.54 bits per heavy atom. The van der Waals surface area contributed by atoms with Crippen molar-refractivity contribution in [3.05, 3.63) is 29.8 Å². The number of fused-ring (bicyclic) bond motifs is 2. The van der Waals surface area contributed by atoms with Crippen LogP contribution in [0.3, 0.4) is 0 Å². The average Bonchev–Trinajstić information content (AvgIpc) is 3.25. The Morgan fingerprint density at radius 1 is 1.12 bits per heavy atom. The molecule has 1 aromatic carbocycles. The molecule has 142 valence electrons. The third-order valence-electron chi connectivity index (χ3n) is 6.48. The maximum Gasteiger partial charge on any atom is 0.243 e. The van der Waals surface area contributed by atoms with E-state index in [2.05, 4.69) is 5.32 Å². The minimum absolute atomic E-state index is 0.0476. The van der Waals surface area contributed by atoms with Crippen LogP contribution in [0.15, 0.2) is 29.2 Å². The second-order valence-electron chi connectivity index (χ2n) is 8.31. The van der Waals surface area contributed by atoms with E-state index < -0.39 is 10.0 Å². The SMILES string of the molecule is Cc1ccc(S(=O)(=O)N2CCC[C@H](C(=O)N[C@H]3C[C@H]4CC[C@H]3C4)C2)cc1. The maximum absolute atomic E-state index is 12.9. The lowest BCUT2D eigenvalue weighted by atomic mass is 9.93. The molecule has 1 heterocycles. The average molecular weight is 377 g/mol. The number of carbonyl (C=O) groups is 1. The van der Waals surface area contributed by atoms with Gasteiger partial charge < -0.3 is 5.32 Å². The molecule has 3 aliphatic rings. The van der Waals surface area contributed by atoms with Crippen molar-refractivity contribution in [2.75, 3.05) is 13.1 Å². The zero-order valence-electron chi connectivity index (χ0n) is 15.4. The van der Waals surface area contributed by atoms with Gasteiger partial charge in [-0.1, -0.05) is 24.1 Å². The Morgan fingerprint density at radius 2 is 1.88 bits per heavy atom. The molecule has 2 bridgehead atoms. The molecule has 5 nitrogen and oxygen atoms in total. The summed E-state index contributed by atoms with van der Waals surface area (Å²) < 4.78 is 27.3. The van der Waals surface area contributed by atoms with Gasteiger partial charge in [0, 0.05) is 19.1 Å². The van der Waals surface area contributed by atoms with Crippen molar-refractivity contribution < 1.29 is 13.2 Å². The fraction of sp³-hybridized carbons (Fsp3) is 0.650. The molecule has 4 atom stereocenters. The Balaban J connectivity index is 1.42. The van der Waals surface area contributed by atoms with Gasteiger partial charge >= 0.3 is 0 Å². The van der Waals surface area contributed by atoms with Crippen molar-refractivity contribution in [1.29, 1.82) is 0 Å². The van der Waals surface area contributed by atoms with Crippen molar-refractivity contribution in [3.63, 3.8) is 0 Å². The van der Waals surface area contributed by atoms with E-state index in [1.54, 1.807) is 12.1 Å². The van der Waals surface area contributed by atoms with Gasteiger partial charge in [-0.05, 0) is 63.0 Å². The van der Waals surface area contributed by atoms with Crippen LogP contribution in [-0.2, 0) is 14.8 Å². The third kappa shape index (κ3) is 3.41. The maximum atomic E-state index is 12.9. The predicted octanol–water partition coefficient (Wildman–Crippen LogP) is 2.70. The van der Waals surface area contributed by atoms with E-state index in [1.165, 1.54) is 23.6 Å². The number of nitrogens with one attached hydrogen (secondary N) is 1. The van der Waals surface area contributed by atoms with E-state index in [9.17, 15) is 13.2 Å². The molecular formula is C20H28N2O3S. The first-order valence-electron chi connectivity index (χ1n) is 9.80. The molecule has 0 spiro atoms. The number of carbonyl (C=O) groups excluding carboxylic acids is 1. The molecule has 0 unspecified atom stereocenters. The highest BCUT2D eigenvalue weighted by Gasteiger charge is 2.41. The molecule has 2 saturated carbocycles. The highest BCUT2D eigenvalue weighted by atomic mass is 32.2. The first-order chi connectivity index (χ1) is 12.4. The number of sulfonamides is 1. The Labute approximate surface area is 156 Å². The molecular weight excluding hydrogens is 348 g/mol. The van der Waals surface area contributed by atoms with Crippen LogP contribution < -0.4 is 5.32 Å². The highest BCUT2D eigenvalue weighted by Crippen LogP contribution is 2.44. The fourth-order valence-electron chi connectivity index (χ4n) is 4.96. The van der Waals surface area contributed by atoms with Crippen molar-refractivity contribution in [2.45, 2.75) is 56.4 Å². The van der Waals surface area contributed by atoms with Crippen molar-refractivity contribution in [1.82, 2.24) is 9.62 Å². The second kappa shape index (κ2) is 6.97. The van der Waals surface area contributed by atoms with Gasteiger partial charge in [-0.25, -0.2) is 8.42 Å². The van der Waals surface area contributed by atoms with Crippen LogP contribution in [0.2, 0.25) is 0 Å². The summed E-state index contributed by atoms with van der Waals surface area (Å²) in [7, 11) is -3.53. The van der Waals surface area contributed by atoms with Gasteiger partial charge in [0.1, 0.15) is 0 Å². The zero-order chi connectivity index (χ0) is 18.3. The van der Waals surface area contributed by atoms with Gasteiger partial charge in [0.2, 0.25) is 15.9 Å². The van der Waals surface area contributed by atoms with Crippen molar-refractivity contribution in [3.8, 4) is 0 Å². The molecule has 6 heteroatoms. The number of hydrogen-bond donors (Lipinski definition) is 1. The van der Waals surface area contributed by atoms with Gasteiger partial charge in [0.05, 0.1) is 10.8 Å². The molecule has 1 saturated heterocycles. The first kappa shape index (κ1) is 18.0. The molecule has 4 rings (SSSR count). The van der Waals surface area contributed by atoms with E-state index in [0.717, 1.165) is 30.7 Å². The van der Waals surface area contributed by atoms with Gasteiger partial charge in [0.15, 0.2) is 0 Å². The number of amides is 1. The molecule has 1 amide bonds. The molecule has 26 heavy (non-hydrogen) atoms. The summed E-state index contributed by atoms with van der Waals surface area (Å²) >= 11 is 0. The largest absolute Gasteiger partial charge is 0.353 e. The lowest BCUT2D eigenvalue weighted by Crippen LogP contribution is -2.48. The summed E-state index contributed by atoms with van der Waals surface area (Å²) in [6, 6.07) is 7.25. The van der Waals surface area contributed by atoms with E-state index in [0.29, 0.717) is 29.9 Å². The molecule has 1 aliphatic heterocycles.